The van der Waals surface area contributed by atoms with E-state index >= 15 is 0 Å². The van der Waals surface area contributed by atoms with Gasteiger partial charge in [-0.3, -0.25) is 0 Å². The summed E-state index contributed by atoms with van der Waals surface area (Å²) in [6.45, 7) is 2.41. The highest BCUT2D eigenvalue weighted by Gasteiger charge is 2.14. The van der Waals surface area contributed by atoms with Crippen molar-refractivity contribution in [3.05, 3.63) is 22.2 Å². The smallest absolute Gasteiger partial charge is 0.162 e. The minimum absolute atomic E-state index is 0.643. The first-order valence-corrected chi connectivity index (χ1v) is 7.83. The number of nitrogens with one attached hydrogen (secondary N) is 1. The summed E-state index contributed by atoms with van der Waals surface area (Å²) in [5, 5.41) is 3.18. The maximum atomic E-state index is 5.62. The molecule has 1 aromatic rings. The van der Waals surface area contributed by atoms with Gasteiger partial charge in [0.15, 0.2) is 11.5 Å². The third-order valence-corrected chi connectivity index (χ3v) is 4.07. The Morgan fingerprint density at radius 1 is 1.05 bits per heavy atom. The average Bonchev–Trinajstić information content (AvgIpc) is 2.43. The largest absolute Gasteiger partial charge is 0.486 e. The third-order valence-electron chi connectivity index (χ3n) is 3.33. The maximum Gasteiger partial charge on any atom is 0.162 e. The zero-order valence-electron chi connectivity index (χ0n) is 11.5. The van der Waals surface area contributed by atoms with Gasteiger partial charge < -0.3 is 14.8 Å². The Morgan fingerprint density at radius 2 is 1.74 bits per heavy atom. The van der Waals surface area contributed by atoms with Crippen LogP contribution in [0.2, 0.25) is 0 Å². The van der Waals surface area contributed by atoms with Gasteiger partial charge in [-0.2, -0.15) is 0 Å². The minimum atomic E-state index is 0.643. The molecule has 1 heterocycles. The van der Waals surface area contributed by atoms with E-state index in [2.05, 4.69) is 27.3 Å². The number of halogens is 1. The normalized spacial score (nSPS) is 13.6. The first kappa shape index (κ1) is 14.7. The highest BCUT2D eigenvalue weighted by Crippen LogP contribution is 2.36. The molecule has 1 aliphatic rings. The van der Waals surface area contributed by atoms with Gasteiger partial charge in [0.1, 0.15) is 13.2 Å². The lowest BCUT2D eigenvalue weighted by Crippen LogP contribution is -2.15. The summed E-state index contributed by atoms with van der Waals surface area (Å²) in [6, 6.07) is 4.15. The molecule has 4 heteroatoms. The van der Waals surface area contributed by atoms with Gasteiger partial charge in [-0.05, 0) is 50.6 Å². The highest BCUT2D eigenvalue weighted by atomic mass is 79.9. The van der Waals surface area contributed by atoms with Gasteiger partial charge in [0.05, 0.1) is 0 Å². The van der Waals surface area contributed by atoms with Crippen molar-refractivity contribution in [1.82, 2.24) is 5.32 Å². The monoisotopic (exact) mass is 327 g/mol. The Balaban J connectivity index is 1.83. The Hall–Kier alpha value is -0.740. The predicted molar refractivity (Wildman–Crippen MR) is 81.2 cm³/mol. The number of benzene rings is 1. The van der Waals surface area contributed by atoms with Gasteiger partial charge in [0.2, 0.25) is 0 Å². The molecule has 0 atom stereocenters. The fourth-order valence-corrected chi connectivity index (χ4v) is 2.79. The van der Waals surface area contributed by atoms with E-state index in [-0.39, 0.29) is 0 Å². The molecular formula is C15H22BrNO2. The zero-order valence-corrected chi connectivity index (χ0v) is 13.1. The van der Waals surface area contributed by atoms with Crippen LogP contribution in [-0.4, -0.2) is 26.8 Å². The molecule has 0 saturated heterocycles. The molecule has 1 aromatic carbocycles. The summed E-state index contributed by atoms with van der Waals surface area (Å²) in [5.74, 6) is 1.75. The van der Waals surface area contributed by atoms with E-state index in [1.54, 1.807) is 0 Å². The summed E-state index contributed by atoms with van der Waals surface area (Å²) in [4.78, 5) is 0. The van der Waals surface area contributed by atoms with Crippen molar-refractivity contribution in [3.63, 3.8) is 0 Å². The molecule has 0 bridgehead atoms. The van der Waals surface area contributed by atoms with Crippen LogP contribution in [0.25, 0.3) is 0 Å². The van der Waals surface area contributed by atoms with Gasteiger partial charge >= 0.3 is 0 Å². The van der Waals surface area contributed by atoms with E-state index in [1.165, 1.54) is 31.2 Å². The topological polar surface area (TPSA) is 30.5 Å². The van der Waals surface area contributed by atoms with E-state index in [4.69, 9.17) is 9.47 Å². The molecule has 0 spiro atoms. The van der Waals surface area contributed by atoms with Gasteiger partial charge in [-0.25, -0.2) is 0 Å². The molecule has 0 fully saturated rings. The fourth-order valence-electron chi connectivity index (χ4n) is 2.27. The SMILES string of the molecule is CNCCCCCCc1cc2c(cc1Br)OCCO2. The van der Waals surface area contributed by atoms with Crippen LogP contribution < -0.4 is 14.8 Å². The van der Waals surface area contributed by atoms with Crippen molar-refractivity contribution in [2.75, 3.05) is 26.8 Å². The van der Waals surface area contributed by atoms with Crippen molar-refractivity contribution in [1.29, 1.82) is 0 Å². The van der Waals surface area contributed by atoms with E-state index in [0.717, 1.165) is 28.9 Å². The Labute approximate surface area is 123 Å². The summed E-state index contributed by atoms with van der Waals surface area (Å²) in [6.07, 6.45) is 6.16. The second kappa shape index (κ2) is 7.75. The minimum Gasteiger partial charge on any atom is -0.486 e. The van der Waals surface area contributed by atoms with E-state index in [9.17, 15) is 0 Å². The quantitative estimate of drug-likeness (QED) is 0.777. The first-order valence-electron chi connectivity index (χ1n) is 7.04. The van der Waals surface area contributed by atoms with Crippen LogP contribution in [0.3, 0.4) is 0 Å². The van der Waals surface area contributed by atoms with E-state index in [0.29, 0.717) is 13.2 Å². The van der Waals surface area contributed by atoms with Crippen LogP contribution >= 0.6 is 15.9 Å². The molecule has 19 heavy (non-hydrogen) atoms. The molecule has 0 unspecified atom stereocenters. The number of hydrogen-bond acceptors (Lipinski definition) is 3. The van der Waals surface area contributed by atoms with Crippen molar-refractivity contribution in [2.24, 2.45) is 0 Å². The molecule has 106 valence electrons. The van der Waals surface area contributed by atoms with Gasteiger partial charge in [0, 0.05) is 4.47 Å². The molecule has 0 saturated carbocycles. The average molecular weight is 328 g/mol. The van der Waals surface area contributed by atoms with Crippen LogP contribution in [0.4, 0.5) is 0 Å². The summed E-state index contributed by atoms with van der Waals surface area (Å²) in [7, 11) is 2.01. The lowest BCUT2D eigenvalue weighted by atomic mass is 10.1. The standard InChI is InChI=1S/C15H22BrNO2/c1-17-7-5-3-2-4-6-12-10-14-15(11-13(12)16)19-9-8-18-14/h10-11,17H,2-9H2,1H3. The molecule has 0 aliphatic carbocycles. The van der Waals surface area contributed by atoms with Gasteiger partial charge in [0.25, 0.3) is 0 Å². The second-order valence-electron chi connectivity index (χ2n) is 4.86. The molecule has 0 radical (unpaired) electrons. The van der Waals surface area contributed by atoms with E-state index < -0.39 is 0 Å². The summed E-state index contributed by atoms with van der Waals surface area (Å²) in [5.41, 5.74) is 1.32. The molecule has 0 aromatic heterocycles. The number of fused-ring (bicyclic) bond motifs is 1. The predicted octanol–water partition coefficient (Wildman–Crippen LogP) is 3.54. The molecule has 0 amide bonds. The number of hydrogen-bond donors (Lipinski definition) is 1. The van der Waals surface area contributed by atoms with Gasteiger partial charge in [-0.1, -0.05) is 28.8 Å². The van der Waals surface area contributed by atoms with Crippen molar-refractivity contribution < 1.29 is 9.47 Å². The maximum absolute atomic E-state index is 5.62. The first-order chi connectivity index (χ1) is 9.31. The summed E-state index contributed by atoms with van der Waals surface area (Å²) >= 11 is 3.62. The van der Waals surface area contributed by atoms with Gasteiger partial charge in [-0.15, -0.1) is 0 Å². The van der Waals surface area contributed by atoms with Crippen LogP contribution in [0, 0.1) is 0 Å². The lowest BCUT2D eigenvalue weighted by molar-refractivity contribution is 0.171. The number of aryl methyl sites for hydroxylation is 1. The number of unbranched alkanes of at least 4 members (excludes halogenated alkanes) is 3. The van der Waals surface area contributed by atoms with Crippen molar-refractivity contribution in [2.45, 2.75) is 32.1 Å². The van der Waals surface area contributed by atoms with Crippen molar-refractivity contribution >= 4 is 15.9 Å². The second-order valence-corrected chi connectivity index (χ2v) is 5.71. The van der Waals surface area contributed by atoms with E-state index in [1.807, 2.05) is 13.1 Å². The molecule has 2 rings (SSSR count). The van der Waals surface area contributed by atoms with Crippen LogP contribution in [0.5, 0.6) is 11.5 Å². The zero-order chi connectivity index (χ0) is 13.5. The Morgan fingerprint density at radius 3 is 2.47 bits per heavy atom. The Bertz CT molecular complexity index is 409. The van der Waals surface area contributed by atoms with Crippen LogP contribution in [0.15, 0.2) is 16.6 Å². The summed E-state index contributed by atoms with van der Waals surface area (Å²) < 4.78 is 12.3. The number of ether oxygens (including phenoxy) is 2. The van der Waals surface area contributed by atoms with Crippen LogP contribution in [0.1, 0.15) is 31.2 Å². The van der Waals surface area contributed by atoms with Crippen molar-refractivity contribution in [3.8, 4) is 11.5 Å². The molecule has 3 nitrogen and oxygen atoms in total. The Kier molecular flexibility index (Phi) is 5.98. The van der Waals surface area contributed by atoms with Crippen LogP contribution in [-0.2, 0) is 6.42 Å². The lowest BCUT2D eigenvalue weighted by Gasteiger charge is -2.20. The third kappa shape index (κ3) is 4.39. The molecule has 1 aliphatic heterocycles. The fraction of sp³-hybridized carbons (Fsp3) is 0.600. The number of rotatable bonds is 7. The highest BCUT2D eigenvalue weighted by molar-refractivity contribution is 9.10. The molecular weight excluding hydrogens is 306 g/mol. The molecule has 1 N–H and O–H groups in total.